The summed E-state index contributed by atoms with van der Waals surface area (Å²) in [5.41, 5.74) is -0.595. The largest absolute Gasteiger partial charge is 0.465 e. The van der Waals surface area contributed by atoms with Gasteiger partial charge in [0.1, 0.15) is 6.07 Å². The van der Waals surface area contributed by atoms with Gasteiger partial charge in [-0.15, -0.1) is 0 Å². The molecule has 0 aromatic heterocycles. The summed E-state index contributed by atoms with van der Waals surface area (Å²) in [4.78, 5) is 15.3. The van der Waals surface area contributed by atoms with Gasteiger partial charge in [0.2, 0.25) is 0 Å². The van der Waals surface area contributed by atoms with Crippen molar-refractivity contribution < 1.29 is 18.7 Å². The number of fused-ring (bicyclic) bond motifs is 2. The normalized spacial score (nSPS) is 25.8. The number of hydrogen-bond donors (Lipinski definition) is 1. The quantitative estimate of drug-likeness (QED) is 0.841. The Morgan fingerprint density at radius 2 is 2.00 bits per heavy atom. The molecule has 2 aliphatic rings. The topological polar surface area (TPSA) is 67.6 Å². The molecule has 1 amide bonds. The predicted octanol–water partition coefficient (Wildman–Crippen LogP) is 3.58. The Bertz CT molecular complexity index is 769. The van der Waals surface area contributed by atoms with Crippen molar-refractivity contribution in [1.29, 1.82) is 5.26 Å². The van der Waals surface area contributed by atoms with Crippen molar-refractivity contribution in [3.05, 3.63) is 29.3 Å². The number of carboxylic acid groups (broad SMARTS) is 1. The molecule has 2 heterocycles. The molecule has 2 unspecified atom stereocenters. The maximum atomic E-state index is 13.8. The first kappa shape index (κ1) is 17.5. The summed E-state index contributed by atoms with van der Waals surface area (Å²) >= 11 is 0. The number of anilines is 1. The molecule has 2 atom stereocenters. The van der Waals surface area contributed by atoms with Crippen molar-refractivity contribution >= 4 is 11.8 Å². The van der Waals surface area contributed by atoms with Gasteiger partial charge in [-0.25, -0.2) is 13.6 Å². The van der Waals surface area contributed by atoms with Gasteiger partial charge in [0.15, 0.2) is 11.6 Å². The van der Waals surface area contributed by atoms with Crippen LogP contribution in [0.15, 0.2) is 12.1 Å². The third kappa shape index (κ3) is 2.51. The number of benzene rings is 1. The fraction of sp³-hybridized carbons (Fsp3) is 0.556. The summed E-state index contributed by atoms with van der Waals surface area (Å²) in [5.74, 6) is -2.07. The van der Waals surface area contributed by atoms with Gasteiger partial charge in [0.25, 0.3) is 0 Å². The fourth-order valence-corrected chi connectivity index (χ4v) is 4.35. The van der Waals surface area contributed by atoms with Gasteiger partial charge in [-0.05, 0) is 24.3 Å². The molecule has 2 bridgehead atoms. The van der Waals surface area contributed by atoms with Crippen molar-refractivity contribution in [2.24, 2.45) is 5.41 Å². The number of hydrogen-bond acceptors (Lipinski definition) is 3. The van der Waals surface area contributed by atoms with E-state index in [9.17, 15) is 23.9 Å². The highest BCUT2D eigenvalue weighted by molar-refractivity contribution is 5.70. The number of rotatable bonds is 1. The number of nitrogens with zero attached hydrogens (tertiary/aromatic N) is 3. The fourth-order valence-electron chi connectivity index (χ4n) is 4.35. The second kappa shape index (κ2) is 5.58. The van der Waals surface area contributed by atoms with E-state index in [2.05, 4.69) is 0 Å². The number of halogens is 2. The first-order valence-corrected chi connectivity index (χ1v) is 8.27. The molecule has 2 fully saturated rings. The Hall–Kier alpha value is -2.36. The van der Waals surface area contributed by atoms with E-state index in [0.29, 0.717) is 31.6 Å². The molecule has 0 spiro atoms. The van der Waals surface area contributed by atoms with Crippen LogP contribution in [-0.2, 0) is 0 Å². The van der Waals surface area contributed by atoms with E-state index in [0.717, 1.165) is 12.1 Å². The van der Waals surface area contributed by atoms with Gasteiger partial charge >= 0.3 is 6.09 Å². The Kier molecular flexibility index (Phi) is 3.90. The zero-order valence-corrected chi connectivity index (χ0v) is 14.5. The lowest BCUT2D eigenvalue weighted by Crippen LogP contribution is -2.68. The molecule has 25 heavy (non-hydrogen) atoms. The molecule has 134 valence electrons. The molecule has 1 N–H and O–H groups in total. The minimum absolute atomic E-state index is 0.0612. The van der Waals surface area contributed by atoms with E-state index in [-0.39, 0.29) is 17.0 Å². The highest BCUT2D eigenvalue weighted by atomic mass is 19.2. The van der Waals surface area contributed by atoms with Crippen LogP contribution in [0.25, 0.3) is 0 Å². The smallest absolute Gasteiger partial charge is 0.408 e. The molecule has 0 saturated carbocycles. The highest BCUT2D eigenvalue weighted by Gasteiger charge is 2.59. The van der Waals surface area contributed by atoms with Crippen molar-refractivity contribution in [3.63, 3.8) is 0 Å². The molecule has 3 rings (SSSR count). The second-order valence-electron chi connectivity index (χ2n) is 7.90. The Labute approximate surface area is 145 Å². The number of carbonyl (C=O) groups is 1. The van der Waals surface area contributed by atoms with Crippen LogP contribution in [-0.4, -0.2) is 40.8 Å². The molecule has 7 heteroatoms. The third-order valence-corrected chi connectivity index (χ3v) is 5.70. The van der Waals surface area contributed by atoms with Crippen LogP contribution in [0.2, 0.25) is 0 Å². The molecule has 0 radical (unpaired) electrons. The van der Waals surface area contributed by atoms with Crippen LogP contribution in [0.5, 0.6) is 0 Å². The lowest BCUT2D eigenvalue weighted by molar-refractivity contribution is 0.00541. The second-order valence-corrected chi connectivity index (χ2v) is 7.90. The zero-order chi connectivity index (χ0) is 18.6. The maximum absolute atomic E-state index is 13.8. The third-order valence-electron chi connectivity index (χ3n) is 5.70. The van der Waals surface area contributed by atoms with Gasteiger partial charge < -0.3 is 10.0 Å². The molecule has 1 aromatic carbocycles. The molecule has 2 aliphatic heterocycles. The van der Waals surface area contributed by atoms with Crippen molar-refractivity contribution in [1.82, 2.24) is 4.90 Å². The van der Waals surface area contributed by atoms with Crippen LogP contribution >= 0.6 is 0 Å². The first-order valence-electron chi connectivity index (χ1n) is 8.27. The summed E-state index contributed by atoms with van der Waals surface area (Å²) in [5, 5.41) is 19.0. The lowest BCUT2D eigenvalue weighted by atomic mass is 9.71. The van der Waals surface area contributed by atoms with E-state index in [4.69, 9.17) is 0 Å². The van der Waals surface area contributed by atoms with Gasteiger partial charge in [0.05, 0.1) is 22.8 Å². The minimum atomic E-state index is -1.06. The van der Waals surface area contributed by atoms with Crippen LogP contribution in [0.1, 0.15) is 39.2 Å². The van der Waals surface area contributed by atoms with Crippen molar-refractivity contribution in [2.45, 2.75) is 45.2 Å². The molecule has 5 nitrogen and oxygen atoms in total. The van der Waals surface area contributed by atoms with Crippen LogP contribution in [0.4, 0.5) is 19.3 Å². The molecular formula is C18H21F2N3O2. The molecule has 0 aliphatic carbocycles. The van der Waals surface area contributed by atoms with Crippen molar-refractivity contribution in [3.8, 4) is 6.07 Å². The van der Waals surface area contributed by atoms with E-state index in [1.807, 2.05) is 31.7 Å². The van der Waals surface area contributed by atoms with Gasteiger partial charge in [-0.2, -0.15) is 5.26 Å². The molecule has 1 aromatic rings. The summed E-state index contributed by atoms with van der Waals surface area (Å²) in [6.07, 6.45) is 0.462. The monoisotopic (exact) mass is 349 g/mol. The minimum Gasteiger partial charge on any atom is -0.465 e. The van der Waals surface area contributed by atoms with E-state index >= 15 is 0 Å². The Morgan fingerprint density at radius 1 is 1.36 bits per heavy atom. The zero-order valence-electron chi connectivity index (χ0n) is 14.5. The maximum Gasteiger partial charge on any atom is 0.408 e. The summed E-state index contributed by atoms with van der Waals surface area (Å²) in [6.45, 7) is 6.69. The summed E-state index contributed by atoms with van der Waals surface area (Å²) in [6, 6.07) is 3.63. The molecular weight excluding hydrogens is 328 g/mol. The SMILES string of the molecule is CC(C)(C)C12CCC(CN(c3cc(F)c(F)cc3C#N)C1)N2C(=O)O. The van der Waals surface area contributed by atoms with Crippen LogP contribution in [0, 0.1) is 28.4 Å². The van der Waals surface area contributed by atoms with Gasteiger partial charge in [0, 0.05) is 19.2 Å². The highest BCUT2D eigenvalue weighted by Crippen LogP contribution is 2.50. The van der Waals surface area contributed by atoms with Crippen LogP contribution in [0.3, 0.4) is 0 Å². The number of amides is 1. The predicted molar refractivity (Wildman–Crippen MR) is 88.4 cm³/mol. The lowest BCUT2D eigenvalue weighted by Gasteiger charge is -2.54. The number of piperazine rings is 1. The van der Waals surface area contributed by atoms with Gasteiger partial charge in [-0.1, -0.05) is 20.8 Å². The van der Waals surface area contributed by atoms with E-state index < -0.39 is 23.3 Å². The standard InChI is InChI=1S/C18H21F2N3O2/c1-17(2,3)18-5-4-12(23(18)16(24)25)9-22(10-18)15-7-14(20)13(19)6-11(15)8-21/h6-7,12H,4-5,9-10H2,1-3H3,(H,24,25). The Balaban J connectivity index is 2.08. The van der Waals surface area contributed by atoms with E-state index in [1.54, 1.807) is 0 Å². The van der Waals surface area contributed by atoms with E-state index in [1.165, 1.54) is 4.90 Å². The average Bonchev–Trinajstić information content (AvgIpc) is 2.78. The summed E-state index contributed by atoms with van der Waals surface area (Å²) in [7, 11) is 0. The Morgan fingerprint density at radius 3 is 2.56 bits per heavy atom. The van der Waals surface area contributed by atoms with Crippen LogP contribution < -0.4 is 4.90 Å². The van der Waals surface area contributed by atoms with Crippen molar-refractivity contribution in [2.75, 3.05) is 18.0 Å². The molecule has 2 saturated heterocycles. The average molecular weight is 349 g/mol. The first-order chi connectivity index (χ1) is 11.6. The van der Waals surface area contributed by atoms with Gasteiger partial charge in [-0.3, -0.25) is 4.90 Å². The summed E-state index contributed by atoms with van der Waals surface area (Å²) < 4.78 is 27.3. The number of nitriles is 1.